The average Bonchev–Trinajstić information content (AvgIpc) is 3.47. The first-order valence-corrected chi connectivity index (χ1v) is 10.3. The number of ether oxygens (including phenoxy) is 3. The minimum atomic E-state index is -0.121. The molecule has 1 amide bonds. The Labute approximate surface area is 183 Å². The number of nitrogens with one attached hydrogen (secondary N) is 3. The van der Waals surface area contributed by atoms with Gasteiger partial charge < -0.3 is 34.7 Å². The number of fused-ring (bicyclic) bond motifs is 2. The number of anilines is 3. The molecule has 1 saturated heterocycles. The van der Waals surface area contributed by atoms with Crippen molar-refractivity contribution in [3.05, 3.63) is 29.5 Å². The number of morpholine rings is 1. The van der Waals surface area contributed by atoms with Crippen LogP contribution in [-0.2, 0) is 4.74 Å². The molecule has 11 nitrogen and oxygen atoms in total. The second kappa shape index (κ2) is 8.24. The fraction of sp³-hybridized carbons (Fsp3) is 0.333. The predicted octanol–water partition coefficient (Wildman–Crippen LogP) is 2.21. The van der Waals surface area contributed by atoms with Crippen molar-refractivity contribution in [1.82, 2.24) is 19.9 Å². The van der Waals surface area contributed by atoms with Gasteiger partial charge in [-0.3, -0.25) is 4.79 Å². The lowest BCUT2D eigenvalue weighted by atomic mass is 10.1. The molecular formula is C21H21N7O4. The van der Waals surface area contributed by atoms with E-state index in [9.17, 15) is 10.1 Å². The van der Waals surface area contributed by atoms with E-state index in [1.165, 1.54) is 0 Å². The normalized spacial score (nSPS) is 14.9. The van der Waals surface area contributed by atoms with Crippen molar-refractivity contribution in [2.75, 3.05) is 50.3 Å². The molecule has 164 valence electrons. The summed E-state index contributed by atoms with van der Waals surface area (Å²) >= 11 is 0. The van der Waals surface area contributed by atoms with Gasteiger partial charge in [0.1, 0.15) is 17.5 Å². The zero-order valence-corrected chi connectivity index (χ0v) is 17.4. The van der Waals surface area contributed by atoms with Crippen LogP contribution in [0.15, 0.2) is 18.3 Å². The van der Waals surface area contributed by atoms with E-state index in [4.69, 9.17) is 14.2 Å². The number of H-pyrrole nitrogens is 1. The van der Waals surface area contributed by atoms with E-state index in [2.05, 4.69) is 31.7 Å². The number of rotatable bonds is 5. The van der Waals surface area contributed by atoms with E-state index in [1.807, 2.05) is 6.92 Å². The first-order chi connectivity index (χ1) is 15.7. The molecule has 2 aromatic heterocycles. The number of carbonyl (C=O) groups is 1. The summed E-state index contributed by atoms with van der Waals surface area (Å²) in [6.45, 7) is 4.71. The van der Waals surface area contributed by atoms with E-state index in [1.54, 1.807) is 23.2 Å². The number of nitriles is 1. The van der Waals surface area contributed by atoms with Gasteiger partial charge in [0.2, 0.25) is 12.7 Å². The summed E-state index contributed by atoms with van der Waals surface area (Å²) in [5.41, 5.74) is 2.01. The highest BCUT2D eigenvalue weighted by Gasteiger charge is 2.29. The van der Waals surface area contributed by atoms with Crippen molar-refractivity contribution in [3.63, 3.8) is 0 Å². The van der Waals surface area contributed by atoms with Crippen LogP contribution >= 0.6 is 0 Å². The van der Waals surface area contributed by atoms with Gasteiger partial charge in [0.25, 0.3) is 5.91 Å². The topological polar surface area (TPSA) is 137 Å². The third-order valence-electron chi connectivity index (χ3n) is 5.29. The Morgan fingerprint density at radius 3 is 2.84 bits per heavy atom. The maximum absolute atomic E-state index is 13.0. The standard InChI is InChI=1S/C21H21N7O4/c1-2-23-18-15-12(9-22)10-24-19(15)27-21(26-18)25-14-4-3-13(16-17(14)32-11-31-16)20(29)28-5-7-30-8-6-28/h3-4,10H,2,5-8,11H2,1H3,(H3,23,24,25,26,27). The van der Waals surface area contributed by atoms with E-state index < -0.39 is 0 Å². The molecule has 4 heterocycles. The minimum Gasteiger partial charge on any atom is -0.453 e. The second-order valence-corrected chi connectivity index (χ2v) is 7.22. The zero-order chi connectivity index (χ0) is 22.1. The van der Waals surface area contributed by atoms with Crippen LogP contribution in [0.5, 0.6) is 11.5 Å². The van der Waals surface area contributed by atoms with Crippen LogP contribution in [0.4, 0.5) is 17.5 Å². The molecule has 1 aromatic carbocycles. The Kier molecular flexibility index (Phi) is 5.12. The van der Waals surface area contributed by atoms with Crippen molar-refractivity contribution in [2.24, 2.45) is 0 Å². The molecule has 0 unspecified atom stereocenters. The van der Waals surface area contributed by atoms with E-state index in [-0.39, 0.29) is 12.7 Å². The largest absolute Gasteiger partial charge is 0.453 e. The highest BCUT2D eigenvalue weighted by molar-refractivity contribution is 5.99. The van der Waals surface area contributed by atoms with E-state index in [0.717, 1.165) is 0 Å². The summed E-state index contributed by atoms with van der Waals surface area (Å²) < 4.78 is 16.6. The second-order valence-electron chi connectivity index (χ2n) is 7.22. The molecule has 5 rings (SSSR count). The van der Waals surface area contributed by atoms with Gasteiger partial charge in [-0.25, -0.2) is 0 Å². The van der Waals surface area contributed by atoms with Crippen LogP contribution in [0.3, 0.4) is 0 Å². The smallest absolute Gasteiger partial charge is 0.257 e. The number of hydrogen-bond donors (Lipinski definition) is 3. The molecule has 3 N–H and O–H groups in total. The molecule has 0 aliphatic carbocycles. The van der Waals surface area contributed by atoms with Crippen LogP contribution in [0.2, 0.25) is 0 Å². The maximum atomic E-state index is 13.0. The number of hydrogen-bond acceptors (Lipinski definition) is 9. The number of aromatic nitrogens is 3. The number of amides is 1. The zero-order valence-electron chi connectivity index (χ0n) is 17.4. The van der Waals surface area contributed by atoms with Crippen LogP contribution in [-0.4, -0.2) is 65.4 Å². The minimum absolute atomic E-state index is 0.0160. The SMILES string of the molecule is CCNc1nc(Nc2ccc(C(=O)N3CCOCC3)c3c2OCO3)nc2[nH]cc(C#N)c12. The Bertz CT molecular complexity index is 1230. The van der Waals surface area contributed by atoms with Gasteiger partial charge in [0.05, 0.1) is 35.4 Å². The fourth-order valence-electron chi connectivity index (χ4n) is 3.79. The molecule has 1 fully saturated rings. The quantitative estimate of drug-likeness (QED) is 0.551. The molecule has 11 heteroatoms. The van der Waals surface area contributed by atoms with Gasteiger partial charge >= 0.3 is 0 Å². The summed E-state index contributed by atoms with van der Waals surface area (Å²) in [5, 5.41) is 16.3. The van der Waals surface area contributed by atoms with Crippen LogP contribution in [0, 0.1) is 11.3 Å². The Morgan fingerprint density at radius 2 is 2.06 bits per heavy atom. The predicted molar refractivity (Wildman–Crippen MR) is 115 cm³/mol. The van der Waals surface area contributed by atoms with Crippen molar-refractivity contribution in [1.29, 1.82) is 5.26 Å². The third-order valence-corrected chi connectivity index (χ3v) is 5.29. The summed E-state index contributed by atoms with van der Waals surface area (Å²) in [4.78, 5) is 26.7. The lowest BCUT2D eigenvalue weighted by molar-refractivity contribution is 0.0300. The van der Waals surface area contributed by atoms with Crippen molar-refractivity contribution >= 4 is 34.4 Å². The summed E-state index contributed by atoms with van der Waals surface area (Å²) in [6, 6.07) is 5.60. The van der Waals surface area contributed by atoms with Gasteiger partial charge in [-0.2, -0.15) is 15.2 Å². The van der Waals surface area contributed by atoms with Gasteiger partial charge in [-0.15, -0.1) is 0 Å². The Hall–Kier alpha value is -4.04. The van der Waals surface area contributed by atoms with Gasteiger partial charge in [-0.1, -0.05) is 0 Å². The highest BCUT2D eigenvalue weighted by atomic mass is 16.7. The van der Waals surface area contributed by atoms with Gasteiger partial charge in [-0.05, 0) is 19.1 Å². The molecule has 2 aliphatic rings. The van der Waals surface area contributed by atoms with Crippen molar-refractivity contribution in [2.45, 2.75) is 6.92 Å². The molecule has 0 bridgehead atoms. The van der Waals surface area contributed by atoms with Gasteiger partial charge in [0, 0.05) is 25.8 Å². The number of nitrogens with zero attached hydrogens (tertiary/aromatic N) is 4. The lowest BCUT2D eigenvalue weighted by Gasteiger charge is -2.27. The molecule has 0 radical (unpaired) electrons. The number of benzene rings is 1. The monoisotopic (exact) mass is 435 g/mol. The molecule has 3 aromatic rings. The molecule has 2 aliphatic heterocycles. The summed E-state index contributed by atoms with van der Waals surface area (Å²) in [7, 11) is 0. The first kappa shape index (κ1) is 19.9. The average molecular weight is 435 g/mol. The fourth-order valence-corrected chi connectivity index (χ4v) is 3.79. The van der Waals surface area contributed by atoms with E-state index in [0.29, 0.717) is 84.0 Å². The molecular weight excluding hydrogens is 414 g/mol. The summed E-state index contributed by atoms with van der Waals surface area (Å²) in [5.74, 6) is 1.56. The lowest BCUT2D eigenvalue weighted by Crippen LogP contribution is -2.40. The van der Waals surface area contributed by atoms with Crippen molar-refractivity contribution < 1.29 is 19.0 Å². The van der Waals surface area contributed by atoms with Gasteiger partial charge in [0.15, 0.2) is 11.5 Å². The third kappa shape index (κ3) is 3.40. The Balaban J connectivity index is 1.49. The van der Waals surface area contributed by atoms with E-state index >= 15 is 0 Å². The molecule has 32 heavy (non-hydrogen) atoms. The van der Waals surface area contributed by atoms with Crippen LogP contribution in [0.25, 0.3) is 11.0 Å². The molecule has 0 atom stereocenters. The van der Waals surface area contributed by atoms with Crippen LogP contribution in [0.1, 0.15) is 22.8 Å². The summed E-state index contributed by atoms with van der Waals surface area (Å²) in [6.07, 6.45) is 1.60. The maximum Gasteiger partial charge on any atom is 0.257 e. The van der Waals surface area contributed by atoms with Crippen molar-refractivity contribution in [3.8, 4) is 17.6 Å². The number of aromatic amines is 1. The van der Waals surface area contributed by atoms with Crippen LogP contribution < -0.4 is 20.1 Å². The Morgan fingerprint density at radius 1 is 1.25 bits per heavy atom. The highest BCUT2D eigenvalue weighted by Crippen LogP contribution is 2.43. The first-order valence-electron chi connectivity index (χ1n) is 10.3. The molecule has 0 spiro atoms. The molecule has 0 saturated carbocycles. The number of carbonyl (C=O) groups excluding carboxylic acids is 1.